The highest BCUT2D eigenvalue weighted by Crippen LogP contribution is 2.38. The van der Waals surface area contributed by atoms with Crippen LogP contribution in [-0.4, -0.2) is 29.4 Å². The van der Waals surface area contributed by atoms with Gasteiger partial charge >= 0.3 is 5.97 Å². The monoisotopic (exact) mass is 333 g/mol. The van der Waals surface area contributed by atoms with E-state index in [1.807, 2.05) is 0 Å². The quantitative estimate of drug-likeness (QED) is 0.875. The van der Waals surface area contributed by atoms with E-state index in [4.69, 9.17) is 4.74 Å². The Morgan fingerprint density at radius 1 is 1.46 bits per heavy atom. The van der Waals surface area contributed by atoms with Crippen molar-refractivity contribution in [3.05, 3.63) is 45.2 Å². The van der Waals surface area contributed by atoms with Crippen LogP contribution in [0.4, 0.5) is 8.78 Å². The average Bonchev–Trinajstić information content (AvgIpc) is 3.36. The molecule has 0 spiro atoms. The summed E-state index contributed by atoms with van der Waals surface area (Å²) < 4.78 is 34.5. The van der Waals surface area contributed by atoms with Gasteiger partial charge in [-0.15, -0.1) is 0 Å². The Morgan fingerprint density at radius 2 is 2.17 bits per heavy atom. The number of carboxylic acids is 1. The minimum Gasteiger partial charge on any atom is -0.477 e. The summed E-state index contributed by atoms with van der Waals surface area (Å²) in [5.74, 6) is 1.23. The molecule has 1 aromatic carbocycles. The molecule has 1 fully saturated rings. The summed E-state index contributed by atoms with van der Waals surface area (Å²) in [4.78, 5) is 23.6. The van der Waals surface area contributed by atoms with Crippen LogP contribution in [-0.2, 0) is 4.74 Å². The number of ether oxygens (including phenoxy) is 1. The van der Waals surface area contributed by atoms with E-state index in [-0.39, 0.29) is 29.1 Å². The van der Waals surface area contributed by atoms with E-state index in [9.17, 15) is 23.5 Å². The van der Waals surface area contributed by atoms with Crippen molar-refractivity contribution in [3.63, 3.8) is 0 Å². The van der Waals surface area contributed by atoms with E-state index in [0.29, 0.717) is 0 Å². The molecule has 7 heteroatoms. The first-order chi connectivity index (χ1) is 11.5. The SMILES string of the molecule is COCC#Cc1c(F)c(F)cc2c(=O)c(C(=O)O)cn(C3CC3)c12. The van der Waals surface area contributed by atoms with Crippen LogP contribution < -0.4 is 5.43 Å². The summed E-state index contributed by atoms with van der Waals surface area (Å²) in [5, 5.41) is 9.00. The number of methoxy groups -OCH3 is 1. The number of hydrogen-bond donors (Lipinski definition) is 1. The lowest BCUT2D eigenvalue weighted by atomic mass is 10.1. The Morgan fingerprint density at radius 3 is 2.75 bits per heavy atom. The summed E-state index contributed by atoms with van der Waals surface area (Å²) in [6.07, 6.45) is 2.71. The Balaban J connectivity index is 2.44. The molecule has 0 unspecified atom stereocenters. The van der Waals surface area contributed by atoms with Gasteiger partial charge in [0, 0.05) is 19.3 Å². The molecule has 1 aromatic heterocycles. The second-order valence-corrected chi connectivity index (χ2v) is 5.49. The zero-order chi connectivity index (χ0) is 17.4. The van der Waals surface area contributed by atoms with E-state index in [1.165, 1.54) is 17.9 Å². The normalized spacial score (nSPS) is 13.6. The number of benzene rings is 1. The lowest BCUT2D eigenvalue weighted by molar-refractivity contribution is 0.0695. The Kier molecular flexibility index (Phi) is 4.08. The fourth-order valence-corrected chi connectivity index (χ4v) is 2.57. The van der Waals surface area contributed by atoms with Crippen LogP contribution in [0.3, 0.4) is 0 Å². The predicted octanol–water partition coefficient (Wildman–Crippen LogP) is 2.31. The van der Waals surface area contributed by atoms with Crippen molar-refractivity contribution in [1.29, 1.82) is 0 Å². The van der Waals surface area contributed by atoms with Crippen molar-refractivity contribution in [2.75, 3.05) is 13.7 Å². The second-order valence-electron chi connectivity index (χ2n) is 5.49. The summed E-state index contributed by atoms with van der Waals surface area (Å²) in [7, 11) is 1.41. The smallest absolute Gasteiger partial charge is 0.341 e. The molecule has 1 heterocycles. The number of hydrogen-bond acceptors (Lipinski definition) is 3. The standard InChI is InChI=1S/C17H13F2NO4/c1-24-6-2-3-10-14(19)13(18)7-11-15(10)20(9-4-5-9)8-12(16(11)21)17(22)23/h7-9H,4-6H2,1H3,(H,22,23). The first-order valence-corrected chi connectivity index (χ1v) is 7.23. The minimum absolute atomic E-state index is 0.0122. The van der Waals surface area contributed by atoms with Crippen molar-refractivity contribution in [2.24, 2.45) is 0 Å². The average molecular weight is 333 g/mol. The fourth-order valence-electron chi connectivity index (χ4n) is 2.57. The Bertz CT molecular complexity index is 965. The van der Waals surface area contributed by atoms with Gasteiger partial charge < -0.3 is 14.4 Å². The number of carboxylic acid groups (broad SMARTS) is 1. The number of fused-ring (bicyclic) bond motifs is 1. The van der Waals surface area contributed by atoms with Gasteiger partial charge in [0.15, 0.2) is 11.6 Å². The highest BCUT2D eigenvalue weighted by atomic mass is 19.2. The molecule has 0 radical (unpaired) electrons. The fraction of sp³-hybridized carbons (Fsp3) is 0.294. The lowest BCUT2D eigenvalue weighted by Crippen LogP contribution is -2.20. The molecular formula is C17H13F2NO4. The number of pyridine rings is 1. The van der Waals surface area contributed by atoms with Gasteiger partial charge in [-0.05, 0) is 18.9 Å². The zero-order valence-corrected chi connectivity index (χ0v) is 12.7. The van der Waals surface area contributed by atoms with Crippen molar-refractivity contribution in [1.82, 2.24) is 4.57 Å². The number of halogens is 2. The van der Waals surface area contributed by atoms with Crippen molar-refractivity contribution >= 4 is 16.9 Å². The van der Waals surface area contributed by atoms with Gasteiger partial charge in [-0.1, -0.05) is 11.8 Å². The van der Waals surface area contributed by atoms with E-state index in [1.54, 1.807) is 0 Å². The summed E-state index contributed by atoms with van der Waals surface area (Å²) >= 11 is 0. The number of aromatic nitrogens is 1. The molecule has 0 aliphatic heterocycles. The van der Waals surface area contributed by atoms with E-state index < -0.39 is 28.6 Å². The highest BCUT2D eigenvalue weighted by molar-refractivity contribution is 5.94. The summed E-state index contributed by atoms with van der Waals surface area (Å²) in [5.41, 5.74) is -1.47. The lowest BCUT2D eigenvalue weighted by Gasteiger charge is -2.14. The highest BCUT2D eigenvalue weighted by Gasteiger charge is 2.29. The van der Waals surface area contributed by atoms with Gasteiger partial charge in [-0.25, -0.2) is 13.6 Å². The molecule has 1 aliphatic rings. The van der Waals surface area contributed by atoms with Gasteiger partial charge in [-0.2, -0.15) is 0 Å². The molecule has 3 rings (SSSR count). The molecule has 1 N–H and O–H groups in total. The molecular weight excluding hydrogens is 320 g/mol. The third-order valence-corrected chi connectivity index (χ3v) is 3.81. The van der Waals surface area contributed by atoms with E-state index >= 15 is 0 Å². The number of nitrogens with zero attached hydrogens (tertiary/aromatic N) is 1. The van der Waals surface area contributed by atoms with Gasteiger partial charge in [-0.3, -0.25) is 4.79 Å². The molecule has 2 aromatic rings. The third kappa shape index (κ3) is 2.65. The maximum Gasteiger partial charge on any atom is 0.341 e. The summed E-state index contributed by atoms with van der Waals surface area (Å²) in [6, 6.07) is 0.679. The van der Waals surface area contributed by atoms with Crippen LogP contribution in [0.2, 0.25) is 0 Å². The minimum atomic E-state index is -1.41. The zero-order valence-electron chi connectivity index (χ0n) is 12.7. The first-order valence-electron chi connectivity index (χ1n) is 7.23. The maximum atomic E-state index is 14.3. The van der Waals surface area contributed by atoms with Crippen LogP contribution in [0, 0.1) is 23.5 Å². The van der Waals surface area contributed by atoms with Crippen molar-refractivity contribution in [2.45, 2.75) is 18.9 Å². The van der Waals surface area contributed by atoms with Crippen LogP contribution in [0.15, 0.2) is 17.1 Å². The van der Waals surface area contributed by atoms with Crippen LogP contribution in [0.25, 0.3) is 10.9 Å². The van der Waals surface area contributed by atoms with Crippen LogP contribution >= 0.6 is 0 Å². The van der Waals surface area contributed by atoms with Gasteiger partial charge in [0.2, 0.25) is 5.43 Å². The second kappa shape index (κ2) is 6.06. The molecule has 5 nitrogen and oxygen atoms in total. The first kappa shape index (κ1) is 16.1. The molecule has 1 saturated carbocycles. The molecule has 24 heavy (non-hydrogen) atoms. The summed E-state index contributed by atoms with van der Waals surface area (Å²) in [6.45, 7) is 0.0122. The molecule has 1 aliphatic carbocycles. The van der Waals surface area contributed by atoms with Crippen molar-refractivity contribution in [3.8, 4) is 11.8 Å². The topological polar surface area (TPSA) is 68.5 Å². The third-order valence-electron chi connectivity index (χ3n) is 3.81. The Labute approximate surface area is 135 Å². The molecule has 0 saturated heterocycles. The van der Waals surface area contributed by atoms with Gasteiger partial charge in [0.1, 0.15) is 12.2 Å². The maximum absolute atomic E-state index is 14.3. The largest absolute Gasteiger partial charge is 0.477 e. The Hall–Kier alpha value is -2.72. The molecule has 124 valence electrons. The van der Waals surface area contributed by atoms with Crippen LogP contribution in [0.1, 0.15) is 34.8 Å². The van der Waals surface area contributed by atoms with E-state index in [0.717, 1.165) is 18.9 Å². The molecule has 0 atom stereocenters. The van der Waals surface area contributed by atoms with E-state index in [2.05, 4.69) is 11.8 Å². The van der Waals surface area contributed by atoms with Crippen molar-refractivity contribution < 1.29 is 23.4 Å². The van der Waals surface area contributed by atoms with Gasteiger partial charge in [0.05, 0.1) is 16.5 Å². The molecule has 0 amide bonds. The number of aromatic carboxylic acids is 1. The molecule has 0 bridgehead atoms. The van der Waals surface area contributed by atoms with Gasteiger partial charge in [0.25, 0.3) is 0 Å². The number of rotatable bonds is 3. The van der Waals surface area contributed by atoms with Crippen LogP contribution in [0.5, 0.6) is 0 Å². The predicted molar refractivity (Wildman–Crippen MR) is 82.1 cm³/mol. The number of carbonyl (C=O) groups is 1.